The first-order valence-electron chi connectivity index (χ1n) is 11.4. The maximum absolute atomic E-state index is 14.7. The normalized spacial score (nSPS) is 10.2. The molecular formula is C25H23B2F3N8. The lowest BCUT2D eigenvalue weighted by Crippen LogP contribution is -2.05. The molecule has 0 amide bonds. The first-order chi connectivity index (χ1) is 18.2. The number of hydrogen-bond acceptors (Lipinski definition) is 7. The number of rotatable bonds is 8. The van der Waals surface area contributed by atoms with Gasteiger partial charge in [0.1, 0.15) is 11.6 Å². The number of nitrogens with zero attached hydrogens (tertiary/aromatic N) is 5. The highest BCUT2D eigenvalue weighted by Gasteiger charge is 2.15. The van der Waals surface area contributed by atoms with Gasteiger partial charge in [-0.25, -0.2) is 18.7 Å². The minimum atomic E-state index is -1.25. The van der Waals surface area contributed by atoms with E-state index in [-0.39, 0.29) is 34.0 Å². The Morgan fingerprint density at radius 2 is 1.74 bits per heavy atom. The Morgan fingerprint density at radius 1 is 0.974 bits per heavy atom. The molecule has 1 aromatic carbocycles. The first kappa shape index (κ1) is 28.0. The fourth-order valence-corrected chi connectivity index (χ4v) is 3.18. The van der Waals surface area contributed by atoms with Crippen LogP contribution in [0.4, 0.5) is 42.0 Å². The van der Waals surface area contributed by atoms with Crippen LogP contribution < -0.4 is 16.0 Å². The Balaban J connectivity index is 0.00000195. The summed E-state index contributed by atoms with van der Waals surface area (Å²) in [6.45, 7) is 7.78. The average Bonchev–Trinajstić information content (AvgIpc) is 3.28. The summed E-state index contributed by atoms with van der Waals surface area (Å²) in [5.74, 6) is -2.75. The van der Waals surface area contributed by atoms with E-state index in [4.69, 9.17) is 15.7 Å². The smallest absolute Gasteiger partial charge is 0.248 e. The van der Waals surface area contributed by atoms with Gasteiger partial charge >= 0.3 is 0 Å². The molecule has 3 N–H and O–H groups in total. The molecular weight excluding hydrogens is 491 g/mol. The maximum atomic E-state index is 14.7. The molecule has 3 aromatic heterocycles. The van der Waals surface area contributed by atoms with Crippen molar-refractivity contribution in [3.05, 3.63) is 90.4 Å². The van der Waals surface area contributed by atoms with Gasteiger partial charge < -0.3 is 16.0 Å². The van der Waals surface area contributed by atoms with Gasteiger partial charge in [0.15, 0.2) is 5.82 Å². The molecule has 0 aliphatic heterocycles. The van der Waals surface area contributed by atoms with Gasteiger partial charge in [0.05, 0.1) is 33.3 Å². The molecule has 0 saturated carbocycles. The summed E-state index contributed by atoms with van der Waals surface area (Å²) >= 11 is 0. The zero-order valence-electron chi connectivity index (χ0n) is 20.9. The summed E-state index contributed by atoms with van der Waals surface area (Å²) in [5.41, 5.74) is 1.91. The second-order valence-electron chi connectivity index (χ2n) is 7.59. The van der Waals surface area contributed by atoms with Crippen molar-refractivity contribution in [2.24, 2.45) is 7.05 Å². The quantitative estimate of drug-likeness (QED) is 0.167. The molecule has 4 rings (SSSR count). The molecule has 4 aromatic rings. The minimum absolute atomic E-state index is 0.0281. The van der Waals surface area contributed by atoms with Crippen LogP contribution in [-0.2, 0) is 7.05 Å². The summed E-state index contributed by atoms with van der Waals surface area (Å²) in [4.78, 5) is 12.1. The van der Waals surface area contributed by atoms with E-state index in [2.05, 4.69) is 42.6 Å². The summed E-state index contributed by atoms with van der Waals surface area (Å²) in [6, 6.07) is 5.12. The molecule has 0 aliphatic carbocycles. The highest BCUT2D eigenvalue weighted by atomic mass is 19.2. The molecule has 13 heteroatoms. The Kier molecular flexibility index (Phi) is 9.31. The lowest BCUT2D eigenvalue weighted by molar-refractivity contribution is 0.480. The molecule has 0 saturated heterocycles. The van der Waals surface area contributed by atoms with E-state index in [9.17, 15) is 13.2 Å². The number of hydrogen-bond donors (Lipinski definition) is 3. The van der Waals surface area contributed by atoms with Gasteiger partial charge in [0.25, 0.3) is 0 Å². The van der Waals surface area contributed by atoms with Crippen molar-refractivity contribution in [1.29, 1.82) is 0 Å². The Hall–Kier alpha value is -4.54. The zero-order chi connectivity index (χ0) is 27.8. The van der Waals surface area contributed by atoms with Crippen LogP contribution in [0.5, 0.6) is 0 Å². The third-order valence-corrected chi connectivity index (χ3v) is 4.72. The van der Waals surface area contributed by atoms with Gasteiger partial charge in [-0.05, 0) is 24.3 Å². The van der Waals surface area contributed by atoms with Crippen molar-refractivity contribution in [1.82, 2.24) is 24.7 Å². The average molecular weight is 514 g/mol. The Morgan fingerprint density at radius 3 is 2.39 bits per heavy atom. The fraction of sp³-hybridized carbons (Fsp3) is 0.120. The number of aryl methyl sites for hydroxylation is 1. The molecule has 190 valence electrons. The van der Waals surface area contributed by atoms with Crippen LogP contribution >= 0.6 is 0 Å². The van der Waals surface area contributed by atoms with E-state index in [1.54, 1.807) is 24.1 Å². The molecule has 0 atom stereocenters. The predicted molar refractivity (Wildman–Crippen MR) is 145 cm³/mol. The summed E-state index contributed by atoms with van der Waals surface area (Å²) in [7, 11) is 12.6. The van der Waals surface area contributed by atoms with Gasteiger partial charge in [-0.1, -0.05) is 26.5 Å². The summed E-state index contributed by atoms with van der Waals surface area (Å²) in [6.07, 6.45) is 7.17. The summed E-state index contributed by atoms with van der Waals surface area (Å²) < 4.78 is 43.6. The van der Waals surface area contributed by atoms with Gasteiger partial charge in [0, 0.05) is 48.1 Å². The van der Waals surface area contributed by atoms with Gasteiger partial charge in [-0.3, -0.25) is 4.68 Å². The third kappa shape index (κ3) is 7.25. The van der Waals surface area contributed by atoms with Crippen molar-refractivity contribution in [3.8, 4) is 11.1 Å². The molecule has 0 fully saturated rings. The van der Waals surface area contributed by atoms with Crippen molar-refractivity contribution >= 4 is 44.5 Å². The molecule has 3 heterocycles. The number of aromatic nitrogens is 5. The standard InChI is InChI=1S/C23H17B2F3N8.C2H6/c1-12(5-20(24)25)32-14-3-4-17(26)19(7-14)34-22-16(13-6-18(27)21(28)29-8-13)10-30-23(35-22)33-15-9-31-36(2)11-15;1-2/h3-11,32H,1H2,2H3,(H2,30,33,34,35);1-2H3. The Bertz CT molecular complexity index is 1470. The van der Waals surface area contributed by atoms with Crippen LogP contribution in [0.3, 0.4) is 0 Å². The number of halogens is 3. The van der Waals surface area contributed by atoms with Crippen molar-refractivity contribution in [2.45, 2.75) is 13.8 Å². The van der Waals surface area contributed by atoms with Crippen LogP contribution in [0.2, 0.25) is 0 Å². The van der Waals surface area contributed by atoms with Crippen LogP contribution in [0, 0.1) is 17.6 Å². The SMILES string of the molecule is CC.[B]C([B])=CC(=C)Nc1ccc(F)c(Nc2nc(Nc3cnn(C)c3)ncc2-c2cnc(F)c(F)c2)c1. The number of allylic oxidation sites excluding steroid dienone is 1. The fourth-order valence-electron chi connectivity index (χ4n) is 3.18. The number of pyridine rings is 1. The zero-order valence-corrected chi connectivity index (χ0v) is 20.9. The number of anilines is 5. The van der Waals surface area contributed by atoms with Gasteiger partial charge in [0.2, 0.25) is 11.9 Å². The lowest BCUT2D eigenvalue weighted by atomic mass is 9.78. The van der Waals surface area contributed by atoms with Crippen LogP contribution in [-0.4, -0.2) is 40.4 Å². The highest BCUT2D eigenvalue weighted by molar-refractivity contribution is 6.48. The predicted octanol–water partition coefficient (Wildman–Crippen LogP) is 5.31. The highest BCUT2D eigenvalue weighted by Crippen LogP contribution is 2.32. The summed E-state index contributed by atoms with van der Waals surface area (Å²) in [5, 5.41) is 12.9. The van der Waals surface area contributed by atoms with E-state index < -0.39 is 17.6 Å². The molecule has 0 spiro atoms. The molecule has 0 bridgehead atoms. The van der Waals surface area contributed by atoms with E-state index in [1.807, 2.05) is 13.8 Å². The molecule has 38 heavy (non-hydrogen) atoms. The molecule has 8 nitrogen and oxygen atoms in total. The van der Waals surface area contributed by atoms with Crippen LogP contribution in [0.1, 0.15) is 13.8 Å². The minimum Gasteiger partial charge on any atom is -0.356 e. The van der Waals surface area contributed by atoms with Crippen LogP contribution in [0.25, 0.3) is 11.1 Å². The second kappa shape index (κ2) is 12.6. The van der Waals surface area contributed by atoms with E-state index in [0.717, 1.165) is 12.3 Å². The molecule has 4 radical (unpaired) electrons. The Labute approximate surface area is 220 Å². The second-order valence-corrected chi connectivity index (χ2v) is 7.59. The van der Waals surface area contributed by atoms with Crippen LogP contribution in [0.15, 0.2) is 72.8 Å². The molecule has 0 aliphatic rings. The number of benzene rings is 1. The maximum Gasteiger partial charge on any atom is 0.248 e. The molecule has 0 unspecified atom stereocenters. The topological polar surface area (TPSA) is 92.6 Å². The largest absolute Gasteiger partial charge is 0.356 e. The first-order valence-corrected chi connectivity index (χ1v) is 11.4. The third-order valence-electron chi connectivity index (χ3n) is 4.72. The van der Waals surface area contributed by atoms with E-state index >= 15 is 0 Å². The van der Waals surface area contributed by atoms with Crippen molar-refractivity contribution < 1.29 is 13.2 Å². The van der Waals surface area contributed by atoms with Crippen molar-refractivity contribution in [2.75, 3.05) is 16.0 Å². The van der Waals surface area contributed by atoms with Gasteiger partial charge in [-0.15, -0.1) is 0 Å². The number of nitrogens with one attached hydrogen (secondary N) is 3. The van der Waals surface area contributed by atoms with Crippen molar-refractivity contribution in [3.63, 3.8) is 0 Å². The van der Waals surface area contributed by atoms with E-state index in [0.29, 0.717) is 17.1 Å². The van der Waals surface area contributed by atoms with E-state index in [1.165, 1.54) is 30.5 Å². The van der Waals surface area contributed by atoms with Gasteiger partial charge in [-0.2, -0.15) is 19.8 Å². The lowest BCUT2D eigenvalue weighted by Gasteiger charge is -2.15. The monoisotopic (exact) mass is 514 g/mol.